The SMILES string of the molecule is CC(C)S(=O)(=O)CCC1(CNC(C)(C)C)CC1. The van der Waals surface area contributed by atoms with Crippen molar-refractivity contribution in [2.75, 3.05) is 12.3 Å². The van der Waals surface area contributed by atoms with Gasteiger partial charge in [0, 0.05) is 12.1 Å². The van der Waals surface area contributed by atoms with Gasteiger partial charge in [-0.3, -0.25) is 0 Å². The van der Waals surface area contributed by atoms with Gasteiger partial charge in [-0.15, -0.1) is 0 Å². The zero-order chi connectivity index (χ0) is 13.3. The van der Waals surface area contributed by atoms with Gasteiger partial charge in [0.15, 0.2) is 9.84 Å². The Morgan fingerprint density at radius 2 is 1.76 bits per heavy atom. The molecule has 1 aliphatic rings. The summed E-state index contributed by atoms with van der Waals surface area (Å²) in [6.45, 7) is 10.9. The van der Waals surface area contributed by atoms with Gasteiger partial charge in [0.25, 0.3) is 0 Å². The number of nitrogens with one attached hydrogen (secondary N) is 1. The summed E-state index contributed by atoms with van der Waals surface area (Å²) in [4.78, 5) is 0. The molecule has 0 heterocycles. The molecule has 0 spiro atoms. The van der Waals surface area contributed by atoms with Crippen LogP contribution in [0.15, 0.2) is 0 Å². The highest BCUT2D eigenvalue weighted by molar-refractivity contribution is 7.91. The maximum Gasteiger partial charge on any atom is 0.152 e. The van der Waals surface area contributed by atoms with E-state index in [9.17, 15) is 8.42 Å². The molecule has 0 aliphatic heterocycles. The van der Waals surface area contributed by atoms with Gasteiger partial charge in [0.1, 0.15) is 0 Å². The topological polar surface area (TPSA) is 46.2 Å². The highest BCUT2D eigenvalue weighted by Crippen LogP contribution is 2.48. The molecule has 1 aliphatic carbocycles. The second-order valence-corrected chi connectivity index (χ2v) is 9.45. The van der Waals surface area contributed by atoms with E-state index in [4.69, 9.17) is 0 Å². The van der Waals surface area contributed by atoms with E-state index in [1.807, 2.05) is 0 Å². The first kappa shape index (κ1) is 15.0. The fourth-order valence-corrected chi connectivity index (χ4v) is 2.93. The number of sulfone groups is 1. The van der Waals surface area contributed by atoms with Crippen molar-refractivity contribution in [1.82, 2.24) is 5.32 Å². The van der Waals surface area contributed by atoms with E-state index >= 15 is 0 Å². The van der Waals surface area contributed by atoms with Crippen molar-refractivity contribution in [2.45, 2.75) is 64.7 Å². The summed E-state index contributed by atoms with van der Waals surface area (Å²) in [5, 5.41) is 3.25. The van der Waals surface area contributed by atoms with Gasteiger partial charge in [-0.1, -0.05) is 0 Å². The van der Waals surface area contributed by atoms with Gasteiger partial charge in [0.2, 0.25) is 0 Å². The maximum atomic E-state index is 11.8. The van der Waals surface area contributed by atoms with Crippen LogP contribution in [0.4, 0.5) is 0 Å². The molecule has 0 radical (unpaired) electrons. The molecular formula is C13H27NO2S. The third kappa shape index (κ3) is 4.96. The first-order chi connectivity index (χ1) is 7.56. The van der Waals surface area contributed by atoms with Crippen molar-refractivity contribution < 1.29 is 8.42 Å². The molecule has 17 heavy (non-hydrogen) atoms. The van der Waals surface area contributed by atoms with Crippen molar-refractivity contribution in [3.8, 4) is 0 Å². The van der Waals surface area contributed by atoms with Crippen molar-refractivity contribution >= 4 is 9.84 Å². The fourth-order valence-electron chi connectivity index (χ4n) is 1.74. The van der Waals surface area contributed by atoms with Crippen LogP contribution in [0.1, 0.15) is 53.9 Å². The van der Waals surface area contributed by atoms with E-state index < -0.39 is 9.84 Å². The largest absolute Gasteiger partial charge is 0.312 e. The van der Waals surface area contributed by atoms with Crippen LogP contribution in [0.5, 0.6) is 0 Å². The second-order valence-electron chi connectivity index (χ2n) is 6.77. The van der Waals surface area contributed by atoms with Crippen LogP contribution in [0.2, 0.25) is 0 Å². The molecular weight excluding hydrogens is 234 g/mol. The van der Waals surface area contributed by atoms with Gasteiger partial charge in [-0.2, -0.15) is 0 Å². The molecule has 0 aromatic rings. The van der Waals surface area contributed by atoms with E-state index in [1.165, 1.54) is 12.8 Å². The zero-order valence-electron chi connectivity index (χ0n) is 11.8. The lowest BCUT2D eigenvalue weighted by Crippen LogP contribution is -2.40. The predicted octanol–water partition coefficient (Wildman–Crippen LogP) is 2.37. The average molecular weight is 261 g/mol. The number of hydrogen-bond donors (Lipinski definition) is 1. The maximum absolute atomic E-state index is 11.8. The first-order valence-electron chi connectivity index (χ1n) is 6.53. The Morgan fingerprint density at radius 3 is 2.12 bits per heavy atom. The van der Waals surface area contributed by atoms with Crippen LogP contribution in [0.25, 0.3) is 0 Å². The molecule has 0 bridgehead atoms. The van der Waals surface area contributed by atoms with Crippen LogP contribution >= 0.6 is 0 Å². The Balaban J connectivity index is 2.42. The summed E-state index contributed by atoms with van der Waals surface area (Å²) in [5.74, 6) is 0.344. The molecule has 1 fully saturated rings. The summed E-state index contributed by atoms with van der Waals surface area (Å²) in [6, 6.07) is 0. The Morgan fingerprint density at radius 1 is 1.24 bits per heavy atom. The molecule has 1 saturated carbocycles. The molecule has 0 atom stereocenters. The molecule has 3 nitrogen and oxygen atoms in total. The molecule has 0 aromatic heterocycles. The van der Waals surface area contributed by atoms with E-state index in [2.05, 4.69) is 26.1 Å². The Bertz CT molecular complexity index is 348. The van der Waals surface area contributed by atoms with Gasteiger partial charge < -0.3 is 5.32 Å². The Kier molecular flexibility index (Phi) is 4.30. The van der Waals surface area contributed by atoms with E-state index in [0.29, 0.717) is 5.75 Å². The quantitative estimate of drug-likeness (QED) is 0.798. The van der Waals surface area contributed by atoms with Crippen molar-refractivity contribution in [3.05, 3.63) is 0 Å². The van der Waals surface area contributed by atoms with Crippen LogP contribution in [-0.2, 0) is 9.84 Å². The Hall–Kier alpha value is -0.0900. The highest BCUT2D eigenvalue weighted by Gasteiger charge is 2.43. The minimum atomic E-state index is -2.87. The number of rotatable bonds is 6. The summed E-state index contributed by atoms with van der Waals surface area (Å²) in [6.07, 6.45) is 3.16. The second kappa shape index (κ2) is 4.88. The van der Waals surface area contributed by atoms with Crippen LogP contribution in [0, 0.1) is 5.41 Å². The summed E-state index contributed by atoms with van der Waals surface area (Å²) in [5.41, 5.74) is 0.377. The average Bonchev–Trinajstić information content (AvgIpc) is 2.92. The lowest BCUT2D eigenvalue weighted by molar-refractivity contribution is 0.351. The summed E-state index contributed by atoms with van der Waals surface area (Å²) < 4.78 is 23.6. The summed E-state index contributed by atoms with van der Waals surface area (Å²) in [7, 11) is -2.87. The van der Waals surface area contributed by atoms with Crippen LogP contribution in [0.3, 0.4) is 0 Å². The standard InChI is InChI=1S/C13H27NO2S/c1-11(2)17(15,16)9-8-13(6-7-13)10-14-12(3,4)5/h11,14H,6-10H2,1-5H3. The third-order valence-electron chi connectivity index (χ3n) is 3.59. The first-order valence-corrected chi connectivity index (χ1v) is 8.25. The molecule has 0 saturated heterocycles. The van der Waals surface area contributed by atoms with E-state index in [0.717, 1.165) is 13.0 Å². The fraction of sp³-hybridized carbons (Fsp3) is 1.00. The van der Waals surface area contributed by atoms with E-state index in [1.54, 1.807) is 13.8 Å². The van der Waals surface area contributed by atoms with Crippen LogP contribution < -0.4 is 5.32 Å². The third-order valence-corrected chi connectivity index (χ3v) is 5.80. The molecule has 0 unspecified atom stereocenters. The van der Waals surface area contributed by atoms with Gasteiger partial charge in [-0.25, -0.2) is 8.42 Å². The summed E-state index contributed by atoms with van der Waals surface area (Å²) >= 11 is 0. The minimum absolute atomic E-state index is 0.118. The van der Waals surface area contributed by atoms with E-state index in [-0.39, 0.29) is 16.2 Å². The minimum Gasteiger partial charge on any atom is -0.312 e. The molecule has 1 N–H and O–H groups in total. The van der Waals surface area contributed by atoms with Crippen LogP contribution in [-0.4, -0.2) is 31.5 Å². The molecule has 0 amide bonds. The molecule has 0 aromatic carbocycles. The lowest BCUT2D eigenvalue weighted by atomic mass is 10.0. The van der Waals surface area contributed by atoms with Crippen molar-refractivity contribution in [2.24, 2.45) is 5.41 Å². The normalized spacial score (nSPS) is 19.6. The molecule has 1 rings (SSSR count). The van der Waals surface area contributed by atoms with Crippen molar-refractivity contribution in [1.29, 1.82) is 0 Å². The van der Waals surface area contributed by atoms with Gasteiger partial charge in [-0.05, 0) is 59.3 Å². The highest BCUT2D eigenvalue weighted by atomic mass is 32.2. The van der Waals surface area contributed by atoms with Gasteiger partial charge in [0.05, 0.1) is 11.0 Å². The Labute approximate surface area is 106 Å². The molecule has 4 heteroatoms. The van der Waals surface area contributed by atoms with Crippen molar-refractivity contribution in [3.63, 3.8) is 0 Å². The van der Waals surface area contributed by atoms with Gasteiger partial charge >= 0.3 is 0 Å². The zero-order valence-corrected chi connectivity index (χ0v) is 12.7. The molecule has 102 valence electrons. The lowest BCUT2D eigenvalue weighted by Gasteiger charge is -2.25. The number of hydrogen-bond acceptors (Lipinski definition) is 3. The predicted molar refractivity (Wildman–Crippen MR) is 73.0 cm³/mol. The smallest absolute Gasteiger partial charge is 0.152 e. The monoisotopic (exact) mass is 261 g/mol.